The Hall–Kier alpha value is -7.75. The zero-order chi connectivity index (χ0) is 61.2. The smallest absolute Gasteiger partial charge is 0.439 e. The number of benzene rings is 2. The molecule has 2 saturated carbocycles. The molecule has 9 rings (SSSR count). The summed E-state index contributed by atoms with van der Waals surface area (Å²) in [5.74, 6) is 0.215. The molecule has 0 unspecified atom stereocenters. The van der Waals surface area contributed by atoms with Gasteiger partial charge in [-0.1, -0.05) is 48.8 Å². The second kappa shape index (κ2) is 24.8. The number of nitrogens with zero attached hydrogens (tertiary/aromatic N) is 8. The van der Waals surface area contributed by atoms with Crippen molar-refractivity contribution in [2.75, 3.05) is 22.9 Å². The number of aromatic nitrogens is 4. The lowest BCUT2D eigenvalue weighted by Gasteiger charge is -2.36. The van der Waals surface area contributed by atoms with Gasteiger partial charge in [-0.05, 0) is 113 Å². The molecular weight excluding hydrogens is 1140 g/mol. The second-order valence-electron chi connectivity index (χ2n) is 21.0. The van der Waals surface area contributed by atoms with Crippen LogP contribution in [0.1, 0.15) is 154 Å². The molecule has 4 fully saturated rings. The standard InChI is InChI=1S/C28H29F6N5O4.C27H31F6N5O3/c1-3-38(21-7-5-4-6-8-21)24-18(9-17(13-35-24)23-36-25(40)43-37-23)14-39-15(2)22(42-26(39)41)16-10-19(27(29,30)31)12-20(11-16)28(32,33)34;1-3-37(21-7-5-4-6-8-21)24-18(9-17(13-35-24)23(34)36-40)14-38-15(2)22(41-25(38)39)16-10-19(26(28,29)30)12-20(11-16)27(31,32)33/h9-13,15,21-22H,3-8,14H2,1-2H3,(H,36,37,40);9-13,15,21-22,40H,3-8,14H2,1-2H3,(H2,34,36)/t2*15-,22-/m00/s1. The molecule has 5 aromatic rings. The minimum Gasteiger partial charge on any atom is -0.439 e. The first kappa shape index (κ1) is 62.3. The predicted octanol–water partition coefficient (Wildman–Crippen LogP) is 13.2. The van der Waals surface area contributed by atoms with E-state index in [0.717, 1.165) is 64.2 Å². The van der Waals surface area contributed by atoms with Gasteiger partial charge in [0.25, 0.3) is 0 Å². The Bertz CT molecular complexity index is 3180. The molecule has 0 bridgehead atoms. The van der Waals surface area contributed by atoms with Crippen molar-refractivity contribution in [2.45, 2.75) is 166 Å². The summed E-state index contributed by atoms with van der Waals surface area (Å²) >= 11 is 0. The van der Waals surface area contributed by atoms with Gasteiger partial charge in [0, 0.05) is 59.8 Å². The van der Waals surface area contributed by atoms with Crippen LogP contribution in [0.25, 0.3) is 11.4 Å². The fraction of sp³-hybridized carbons (Fsp3) is 0.509. The third-order valence-electron chi connectivity index (χ3n) is 15.6. The molecule has 2 saturated heterocycles. The highest BCUT2D eigenvalue weighted by Gasteiger charge is 2.46. The molecule has 29 heteroatoms. The molecule has 4 atom stereocenters. The van der Waals surface area contributed by atoms with Gasteiger partial charge in [-0.15, -0.1) is 0 Å². The lowest BCUT2D eigenvalue weighted by molar-refractivity contribution is -0.144. The Labute approximate surface area is 472 Å². The largest absolute Gasteiger partial charge is 0.439 e. The highest BCUT2D eigenvalue weighted by Crippen LogP contribution is 2.44. The van der Waals surface area contributed by atoms with E-state index < -0.39 is 100 Å². The van der Waals surface area contributed by atoms with E-state index in [9.17, 15) is 72.3 Å². The molecule has 2 aliphatic carbocycles. The number of carbonyl (C=O) groups excluding carboxylic acids is 2. The van der Waals surface area contributed by atoms with Crippen molar-refractivity contribution < 1.29 is 81.5 Å². The van der Waals surface area contributed by atoms with Gasteiger partial charge in [0.15, 0.2) is 11.7 Å². The number of nitrogens with one attached hydrogen (secondary N) is 1. The first-order valence-corrected chi connectivity index (χ1v) is 27.1. The molecule has 456 valence electrons. The molecule has 3 aromatic heterocycles. The van der Waals surface area contributed by atoms with Crippen molar-refractivity contribution >= 4 is 29.7 Å². The van der Waals surface area contributed by atoms with Crippen molar-refractivity contribution in [1.29, 1.82) is 0 Å². The third-order valence-corrected chi connectivity index (χ3v) is 15.6. The molecule has 2 aromatic carbocycles. The molecule has 2 aliphatic heterocycles. The Morgan fingerprint density at radius 1 is 0.619 bits per heavy atom. The summed E-state index contributed by atoms with van der Waals surface area (Å²) in [5.41, 5.74) is 0.655. The zero-order valence-corrected chi connectivity index (χ0v) is 45.7. The summed E-state index contributed by atoms with van der Waals surface area (Å²) in [5, 5.41) is 15.9. The van der Waals surface area contributed by atoms with Gasteiger partial charge < -0.3 is 30.2 Å². The van der Waals surface area contributed by atoms with Crippen LogP contribution in [0, 0.1) is 0 Å². The minimum atomic E-state index is -5.05. The van der Waals surface area contributed by atoms with Crippen LogP contribution in [-0.2, 0) is 47.3 Å². The average molecular weight is 1200 g/mol. The molecule has 5 heterocycles. The number of hydrogen-bond acceptors (Lipinski definition) is 13. The van der Waals surface area contributed by atoms with Crippen LogP contribution in [0.15, 0.2) is 75.4 Å². The van der Waals surface area contributed by atoms with Crippen LogP contribution < -0.4 is 21.3 Å². The van der Waals surface area contributed by atoms with Crippen molar-refractivity contribution in [3.63, 3.8) is 0 Å². The summed E-state index contributed by atoms with van der Waals surface area (Å²) in [6, 6.07) is 4.12. The Balaban J connectivity index is 0.000000219. The third kappa shape index (κ3) is 13.9. The van der Waals surface area contributed by atoms with Gasteiger partial charge in [-0.25, -0.2) is 24.4 Å². The molecule has 84 heavy (non-hydrogen) atoms. The SMILES string of the molecule is CCN(c1ncc(-c2noc(=O)[nH]2)cc1CN1C(=O)O[C@H](c2cc(C(F)(F)F)cc(C(F)(F)F)c2)[C@@H]1C)C1CCCCC1.CCN(c1ncc(/C(N)=N/O)cc1CN1C(=O)O[C@H](c2cc(C(F)(F)F)cc(C(F)(F)F)c2)[C@@H]1C)C1CCCCC1. The van der Waals surface area contributed by atoms with E-state index in [0.29, 0.717) is 65.7 Å². The number of rotatable bonds is 14. The number of amidine groups is 1. The predicted molar refractivity (Wildman–Crippen MR) is 278 cm³/mol. The Kier molecular flexibility index (Phi) is 18.4. The quantitative estimate of drug-likeness (QED) is 0.0311. The topological polar surface area (TPSA) is 209 Å². The molecule has 4 N–H and O–H groups in total. The number of nitrogens with two attached hydrogens (primary N) is 1. The average Bonchev–Trinajstić information content (AvgIpc) is 4.12. The Morgan fingerprint density at radius 3 is 1.37 bits per heavy atom. The number of anilines is 2. The van der Waals surface area contributed by atoms with Gasteiger partial charge in [0.1, 0.15) is 23.8 Å². The molecule has 0 radical (unpaired) electrons. The van der Waals surface area contributed by atoms with E-state index in [1.165, 1.54) is 36.0 Å². The molecule has 2 amide bonds. The van der Waals surface area contributed by atoms with E-state index in [2.05, 4.69) is 39.6 Å². The lowest BCUT2D eigenvalue weighted by Crippen LogP contribution is -2.39. The van der Waals surface area contributed by atoms with Crippen molar-refractivity contribution in [1.82, 2.24) is 29.9 Å². The van der Waals surface area contributed by atoms with Gasteiger partial charge in [0.2, 0.25) is 0 Å². The van der Waals surface area contributed by atoms with Crippen LogP contribution in [0.4, 0.5) is 73.9 Å². The molecular formula is C55H60F12N10O7. The van der Waals surface area contributed by atoms with E-state index >= 15 is 0 Å². The van der Waals surface area contributed by atoms with Crippen LogP contribution in [0.5, 0.6) is 0 Å². The summed E-state index contributed by atoms with van der Waals surface area (Å²) < 4.78 is 177. The molecule has 0 spiro atoms. The number of amides is 2. The number of ether oxygens (including phenoxy) is 2. The summed E-state index contributed by atoms with van der Waals surface area (Å²) in [6.07, 6.45) is -11.6. The number of halogens is 12. The van der Waals surface area contributed by atoms with E-state index in [1.54, 1.807) is 12.1 Å². The highest BCUT2D eigenvalue weighted by molar-refractivity contribution is 5.97. The maximum atomic E-state index is 13.5. The Morgan fingerprint density at radius 2 is 1.01 bits per heavy atom. The van der Waals surface area contributed by atoms with Crippen molar-refractivity contribution in [3.05, 3.63) is 122 Å². The summed E-state index contributed by atoms with van der Waals surface area (Å²) in [4.78, 5) is 56.0. The number of alkyl halides is 12. The summed E-state index contributed by atoms with van der Waals surface area (Å²) in [6.45, 7) is 7.86. The maximum absolute atomic E-state index is 13.5. The number of pyridine rings is 2. The fourth-order valence-electron chi connectivity index (χ4n) is 11.4. The van der Waals surface area contributed by atoms with Crippen LogP contribution in [-0.4, -0.2) is 90.4 Å². The number of hydrogen-bond donors (Lipinski definition) is 3. The zero-order valence-electron chi connectivity index (χ0n) is 45.7. The van der Waals surface area contributed by atoms with E-state index in [1.807, 2.05) is 13.8 Å². The van der Waals surface area contributed by atoms with Gasteiger partial charge >= 0.3 is 42.6 Å². The first-order valence-electron chi connectivity index (χ1n) is 27.1. The molecule has 17 nitrogen and oxygen atoms in total. The number of aromatic amines is 1. The second-order valence-corrected chi connectivity index (χ2v) is 21.0. The van der Waals surface area contributed by atoms with Crippen molar-refractivity contribution in [3.8, 4) is 11.4 Å². The number of cyclic esters (lactones) is 2. The van der Waals surface area contributed by atoms with E-state index in [4.69, 9.17) is 15.2 Å². The van der Waals surface area contributed by atoms with Crippen molar-refractivity contribution in [2.24, 2.45) is 10.9 Å². The van der Waals surface area contributed by atoms with Crippen LogP contribution in [0.2, 0.25) is 0 Å². The summed E-state index contributed by atoms with van der Waals surface area (Å²) in [7, 11) is 0. The van der Waals surface area contributed by atoms with Gasteiger partial charge in [0.05, 0.1) is 47.4 Å². The van der Waals surface area contributed by atoms with Gasteiger partial charge in [-0.3, -0.25) is 19.3 Å². The normalized spacial score (nSPS) is 20.4. The fourth-order valence-corrected chi connectivity index (χ4v) is 11.4. The lowest BCUT2D eigenvalue weighted by atomic mass is 9.93. The maximum Gasteiger partial charge on any atom is 0.439 e. The molecule has 4 aliphatic rings. The van der Waals surface area contributed by atoms with Crippen LogP contribution >= 0.6 is 0 Å². The van der Waals surface area contributed by atoms with Crippen LogP contribution in [0.3, 0.4) is 0 Å². The minimum absolute atomic E-state index is 0.0316. The van der Waals surface area contributed by atoms with Gasteiger partial charge in [-0.2, -0.15) is 52.7 Å². The number of oxime groups is 1. The monoisotopic (exact) mass is 1200 g/mol. The first-order chi connectivity index (χ1) is 39.5. The number of H-pyrrole nitrogens is 1. The highest BCUT2D eigenvalue weighted by atomic mass is 19.4. The van der Waals surface area contributed by atoms with E-state index in [-0.39, 0.29) is 54.5 Å². The number of carbonyl (C=O) groups is 2.